The zero-order chi connectivity index (χ0) is 14.2. The Bertz CT molecular complexity index is 744. The van der Waals surface area contributed by atoms with Crippen LogP contribution < -0.4 is 4.90 Å². The van der Waals surface area contributed by atoms with Gasteiger partial charge in [-0.3, -0.25) is 0 Å². The number of thiazole rings is 1. The topological polar surface area (TPSA) is 38.5 Å². The molecule has 2 aromatic heterocycles. The minimum Gasteiger partial charge on any atom is -0.437 e. The van der Waals surface area contributed by atoms with Crippen LogP contribution in [-0.4, -0.2) is 31.3 Å². The van der Waals surface area contributed by atoms with Crippen LogP contribution in [0.3, 0.4) is 0 Å². The molecule has 1 aliphatic rings. The zero-order valence-electron chi connectivity index (χ0n) is 11.2. The summed E-state index contributed by atoms with van der Waals surface area (Å²) in [5.74, 6) is 1.68. The second-order valence-electron chi connectivity index (χ2n) is 4.85. The largest absolute Gasteiger partial charge is 0.437 e. The number of anilines is 1. The van der Waals surface area contributed by atoms with Crippen molar-refractivity contribution < 1.29 is 9.15 Å². The van der Waals surface area contributed by atoms with Gasteiger partial charge in [-0.05, 0) is 28.1 Å². The van der Waals surface area contributed by atoms with E-state index in [2.05, 4.69) is 31.9 Å². The lowest BCUT2D eigenvalue weighted by Crippen LogP contribution is -2.36. The average molecular weight is 365 g/mol. The first-order valence-corrected chi connectivity index (χ1v) is 8.40. The van der Waals surface area contributed by atoms with Gasteiger partial charge in [-0.2, -0.15) is 0 Å². The second-order valence-corrected chi connectivity index (χ2v) is 6.73. The van der Waals surface area contributed by atoms with E-state index in [1.165, 1.54) is 4.70 Å². The minimum atomic E-state index is 0.740. The van der Waals surface area contributed by atoms with Gasteiger partial charge >= 0.3 is 0 Å². The van der Waals surface area contributed by atoms with Crippen LogP contribution in [0.4, 0.5) is 5.88 Å². The number of halogens is 1. The lowest BCUT2D eigenvalue weighted by atomic mass is 10.3. The van der Waals surface area contributed by atoms with Gasteiger partial charge in [-0.25, -0.2) is 4.98 Å². The van der Waals surface area contributed by atoms with E-state index in [1.807, 2.05) is 24.3 Å². The molecule has 0 bridgehead atoms. The molecule has 0 N–H and O–H groups in total. The first kappa shape index (κ1) is 13.3. The Morgan fingerprint density at radius 3 is 2.81 bits per heavy atom. The number of aromatic nitrogens is 1. The number of hydrogen-bond acceptors (Lipinski definition) is 5. The molecule has 3 aromatic rings. The molecule has 0 amide bonds. The van der Waals surface area contributed by atoms with Crippen LogP contribution in [0.5, 0.6) is 0 Å². The summed E-state index contributed by atoms with van der Waals surface area (Å²) in [5.41, 5.74) is 1.01. The fraction of sp³-hybridized carbons (Fsp3) is 0.267. The van der Waals surface area contributed by atoms with Crippen LogP contribution in [0.1, 0.15) is 0 Å². The molecule has 0 atom stereocenters. The van der Waals surface area contributed by atoms with E-state index in [-0.39, 0.29) is 0 Å². The van der Waals surface area contributed by atoms with E-state index >= 15 is 0 Å². The number of ether oxygens (including phenoxy) is 1. The van der Waals surface area contributed by atoms with Crippen LogP contribution in [0, 0.1) is 0 Å². The smallest absolute Gasteiger partial charge is 0.210 e. The van der Waals surface area contributed by atoms with E-state index in [0.29, 0.717) is 0 Å². The molecule has 21 heavy (non-hydrogen) atoms. The highest BCUT2D eigenvalue weighted by atomic mass is 79.9. The van der Waals surface area contributed by atoms with Crippen LogP contribution in [-0.2, 0) is 4.74 Å². The van der Waals surface area contributed by atoms with Crippen molar-refractivity contribution in [3.8, 4) is 10.8 Å². The third-order valence-corrected chi connectivity index (χ3v) is 5.09. The molecule has 1 fully saturated rings. The highest BCUT2D eigenvalue weighted by Gasteiger charge is 2.20. The maximum atomic E-state index is 6.04. The number of hydrogen-bond donors (Lipinski definition) is 0. The van der Waals surface area contributed by atoms with Crippen molar-refractivity contribution in [3.63, 3.8) is 0 Å². The van der Waals surface area contributed by atoms with Crippen LogP contribution in [0.2, 0.25) is 0 Å². The van der Waals surface area contributed by atoms with Gasteiger partial charge in [0.05, 0.1) is 27.9 Å². The number of benzene rings is 1. The lowest BCUT2D eigenvalue weighted by molar-refractivity contribution is 0.120. The zero-order valence-corrected chi connectivity index (χ0v) is 13.6. The number of para-hydroxylation sites is 1. The summed E-state index contributed by atoms with van der Waals surface area (Å²) in [6, 6.07) is 10.1. The van der Waals surface area contributed by atoms with Crippen LogP contribution >= 0.6 is 27.3 Å². The maximum Gasteiger partial charge on any atom is 0.210 e. The summed E-state index contributed by atoms with van der Waals surface area (Å²) < 4.78 is 13.6. The summed E-state index contributed by atoms with van der Waals surface area (Å²) in [5, 5.41) is 0.913. The molecule has 4 nitrogen and oxygen atoms in total. The number of rotatable bonds is 2. The summed E-state index contributed by atoms with van der Waals surface area (Å²) >= 11 is 5.24. The average Bonchev–Trinajstić information content (AvgIpc) is 3.11. The molecule has 4 rings (SSSR count). The monoisotopic (exact) mass is 364 g/mol. The number of nitrogens with zero attached hydrogens (tertiary/aromatic N) is 2. The Labute approximate surface area is 134 Å². The van der Waals surface area contributed by atoms with Gasteiger partial charge in [0.25, 0.3) is 0 Å². The third kappa shape index (κ3) is 2.47. The number of fused-ring (bicyclic) bond motifs is 1. The highest BCUT2D eigenvalue weighted by molar-refractivity contribution is 9.10. The maximum absolute atomic E-state index is 6.04. The Morgan fingerprint density at radius 2 is 2.00 bits per heavy atom. The van der Waals surface area contributed by atoms with Crippen molar-refractivity contribution in [2.45, 2.75) is 0 Å². The Hall–Kier alpha value is -1.37. The van der Waals surface area contributed by atoms with Crippen molar-refractivity contribution in [1.29, 1.82) is 0 Å². The van der Waals surface area contributed by atoms with Crippen LogP contribution in [0.25, 0.3) is 21.0 Å². The molecule has 1 saturated heterocycles. The van der Waals surface area contributed by atoms with Gasteiger partial charge < -0.3 is 14.1 Å². The van der Waals surface area contributed by atoms with E-state index in [1.54, 1.807) is 11.3 Å². The molecule has 0 radical (unpaired) electrons. The molecule has 1 aliphatic heterocycles. The molecule has 0 spiro atoms. The summed E-state index contributed by atoms with van der Waals surface area (Å²) in [7, 11) is 0. The Balaban J connectivity index is 1.72. The van der Waals surface area contributed by atoms with Crippen molar-refractivity contribution in [1.82, 2.24) is 4.98 Å². The first-order valence-electron chi connectivity index (χ1n) is 6.79. The van der Waals surface area contributed by atoms with Crippen molar-refractivity contribution in [3.05, 3.63) is 34.8 Å². The van der Waals surface area contributed by atoms with E-state index < -0.39 is 0 Å². The molecule has 0 unspecified atom stereocenters. The standard InChI is InChI=1S/C15H13BrN2O2S/c16-10-9-12(20-15(10)18-5-7-19-8-6-18)14-17-11-3-1-2-4-13(11)21-14/h1-4,9H,5-8H2. The number of morpholine rings is 1. The lowest BCUT2D eigenvalue weighted by Gasteiger charge is -2.26. The number of furan rings is 1. The van der Waals surface area contributed by atoms with E-state index in [0.717, 1.165) is 52.9 Å². The second kappa shape index (κ2) is 5.44. The van der Waals surface area contributed by atoms with Crippen molar-refractivity contribution in [2.75, 3.05) is 31.2 Å². The molecule has 108 valence electrons. The van der Waals surface area contributed by atoms with Crippen molar-refractivity contribution >= 4 is 43.4 Å². The van der Waals surface area contributed by atoms with E-state index in [4.69, 9.17) is 9.15 Å². The van der Waals surface area contributed by atoms with Gasteiger partial charge in [-0.1, -0.05) is 12.1 Å². The van der Waals surface area contributed by atoms with Gasteiger partial charge in [0.1, 0.15) is 0 Å². The summed E-state index contributed by atoms with van der Waals surface area (Å²) in [4.78, 5) is 6.84. The summed E-state index contributed by atoms with van der Waals surface area (Å²) in [6.45, 7) is 3.18. The van der Waals surface area contributed by atoms with Gasteiger partial charge in [0, 0.05) is 19.2 Å². The van der Waals surface area contributed by atoms with Gasteiger partial charge in [-0.15, -0.1) is 11.3 Å². The first-order chi connectivity index (χ1) is 10.3. The summed E-state index contributed by atoms with van der Waals surface area (Å²) in [6.07, 6.45) is 0. The molecular weight excluding hydrogens is 352 g/mol. The van der Waals surface area contributed by atoms with Gasteiger partial charge in [0.15, 0.2) is 10.8 Å². The Kier molecular flexibility index (Phi) is 3.45. The van der Waals surface area contributed by atoms with Gasteiger partial charge in [0.2, 0.25) is 5.88 Å². The Morgan fingerprint density at radius 1 is 1.19 bits per heavy atom. The van der Waals surface area contributed by atoms with Crippen LogP contribution in [0.15, 0.2) is 39.2 Å². The highest BCUT2D eigenvalue weighted by Crippen LogP contribution is 2.38. The molecule has 1 aromatic carbocycles. The third-order valence-electron chi connectivity index (χ3n) is 3.47. The fourth-order valence-electron chi connectivity index (χ4n) is 2.42. The fourth-order valence-corrected chi connectivity index (χ4v) is 3.88. The molecule has 0 aliphatic carbocycles. The predicted octanol–water partition coefficient (Wildman–Crippen LogP) is 4.16. The van der Waals surface area contributed by atoms with E-state index in [9.17, 15) is 0 Å². The minimum absolute atomic E-state index is 0.740. The quantitative estimate of drug-likeness (QED) is 0.684. The molecular formula is C15H13BrN2O2S. The normalized spacial score (nSPS) is 15.8. The predicted molar refractivity (Wildman–Crippen MR) is 88.1 cm³/mol. The SMILES string of the molecule is Brc1cc(-c2nc3ccccc3s2)oc1N1CCOCC1. The molecule has 0 saturated carbocycles. The molecule has 3 heterocycles. The van der Waals surface area contributed by atoms with Crippen molar-refractivity contribution in [2.24, 2.45) is 0 Å². The molecule has 6 heteroatoms.